The first-order valence-electron chi connectivity index (χ1n) is 7.57. The summed E-state index contributed by atoms with van der Waals surface area (Å²) >= 11 is 0. The van der Waals surface area contributed by atoms with Gasteiger partial charge in [-0.2, -0.15) is 4.98 Å². The second-order valence-electron chi connectivity index (χ2n) is 6.67. The minimum Gasteiger partial charge on any atom is -0.339 e. The molecule has 0 spiro atoms. The van der Waals surface area contributed by atoms with Crippen LogP contribution in [0.15, 0.2) is 4.52 Å². The first-order valence-corrected chi connectivity index (χ1v) is 7.57. The molecule has 0 saturated heterocycles. The lowest BCUT2D eigenvalue weighted by atomic mass is 9.82. The standard InChI is InChI=1S/C15H27N3O/c1-5-16-12-9-7-6-8-11(12)10-13-17-14(18-19-13)15(2,3)4/h11-12,16H,5-10H2,1-4H3. The lowest BCUT2D eigenvalue weighted by Crippen LogP contribution is -2.39. The summed E-state index contributed by atoms with van der Waals surface area (Å²) in [5, 5.41) is 7.72. The van der Waals surface area contributed by atoms with Crippen LogP contribution in [-0.4, -0.2) is 22.7 Å². The zero-order valence-electron chi connectivity index (χ0n) is 12.7. The van der Waals surface area contributed by atoms with Gasteiger partial charge < -0.3 is 9.84 Å². The predicted molar refractivity (Wildman–Crippen MR) is 76.1 cm³/mol. The maximum Gasteiger partial charge on any atom is 0.226 e. The maximum atomic E-state index is 5.43. The monoisotopic (exact) mass is 265 g/mol. The van der Waals surface area contributed by atoms with Crippen LogP contribution in [0.5, 0.6) is 0 Å². The fourth-order valence-electron chi connectivity index (χ4n) is 2.85. The van der Waals surface area contributed by atoms with Gasteiger partial charge in [-0.05, 0) is 25.3 Å². The molecule has 1 fully saturated rings. The van der Waals surface area contributed by atoms with Crippen LogP contribution in [0.2, 0.25) is 0 Å². The molecule has 2 unspecified atom stereocenters. The van der Waals surface area contributed by atoms with E-state index >= 15 is 0 Å². The number of aromatic nitrogens is 2. The van der Waals surface area contributed by atoms with E-state index < -0.39 is 0 Å². The van der Waals surface area contributed by atoms with Crippen LogP contribution in [0.1, 0.15) is 65.1 Å². The van der Waals surface area contributed by atoms with Crippen molar-refractivity contribution >= 4 is 0 Å². The van der Waals surface area contributed by atoms with Crippen molar-refractivity contribution in [2.45, 2.75) is 71.3 Å². The molecule has 19 heavy (non-hydrogen) atoms. The van der Waals surface area contributed by atoms with Gasteiger partial charge in [-0.15, -0.1) is 0 Å². The van der Waals surface area contributed by atoms with Gasteiger partial charge in [-0.1, -0.05) is 45.7 Å². The molecule has 0 aliphatic heterocycles. The largest absolute Gasteiger partial charge is 0.339 e. The highest BCUT2D eigenvalue weighted by Gasteiger charge is 2.27. The minimum absolute atomic E-state index is 0.0324. The summed E-state index contributed by atoms with van der Waals surface area (Å²) in [5.41, 5.74) is -0.0324. The van der Waals surface area contributed by atoms with E-state index in [9.17, 15) is 0 Å². The Morgan fingerprint density at radius 1 is 1.26 bits per heavy atom. The van der Waals surface area contributed by atoms with Crippen LogP contribution in [0.25, 0.3) is 0 Å². The number of hydrogen-bond acceptors (Lipinski definition) is 4. The van der Waals surface area contributed by atoms with Gasteiger partial charge >= 0.3 is 0 Å². The molecule has 0 bridgehead atoms. The van der Waals surface area contributed by atoms with Crippen LogP contribution >= 0.6 is 0 Å². The summed E-state index contributed by atoms with van der Waals surface area (Å²) < 4.78 is 5.43. The molecule has 0 radical (unpaired) electrons. The molecule has 1 aromatic heterocycles. The summed E-state index contributed by atoms with van der Waals surface area (Å²) in [6.07, 6.45) is 6.13. The fraction of sp³-hybridized carbons (Fsp3) is 0.867. The molecule has 0 amide bonds. The number of nitrogens with zero attached hydrogens (tertiary/aromatic N) is 2. The summed E-state index contributed by atoms with van der Waals surface area (Å²) in [7, 11) is 0. The Morgan fingerprint density at radius 3 is 2.63 bits per heavy atom. The van der Waals surface area contributed by atoms with Gasteiger partial charge in [0.1, 0.15) is 0 Å². The third-order valence-corrected chi connectivity index (χ3v) is 3.95. The van der Waals surface area contributed by atoms with E-state index in [1.807, 2.05) is 0 Å². The second-order valence-corrected chi connectivity index (χ2v) is 6.67. The number of nitrogens with one attached hydrogen (secondary N) is 1. The Balaban J connectivity index is 2.00. The molecule has 1 aliphatic rings. The summed E-state index contributed by atoms with van der Waals surface area (Å²) in [4.78, 5) is 4.56. The fourth-order valence-corrected chi connectivity index (χ4v) is 2.85. The molecular weight excluding hydrogens is 238 g/mol. The molecular formula is C15H27N3O. The average Bonchev–Trinajstić information content (AvgIpc) is 2.80. The lowest BCUT2D eigenvalue weighted by molar-refractivity contribution is 0.241. The zero-order chi connectivity index (χ0) is 13.9. The highest BCUT2D eigenvalue weighted by atomic mass is 16.5. The van der Waals surface area contributed by atoms with Crippen molar-refractivity contribution < 1.29 is 4.52 Å². The number of hydrogen-bond donors (Lipinski definition) is 1. The van der Waals surface area contributed by atoms with E-state index in [0.717, 1.165) is 24.7 Å². The Labute approximate surface area is 116 Å². The van der Waals surface area contributed by atoms with Crippen LogP contribution in [0.4, 0.5) is 0 Å². The average molecular weight is 265 g/mol. The Morgan fingerprint density at radius 2 is 2.00 bits per heavy atom. The van der Waals surface area contributed by atoms with E-state index in [4.69, 9.17) is 4.52 Å². The molecule has 0 aromatic carbocycles. The van der Waals surface area contributed by atoms with E-state index in [-0.39, 0.29) is 5.41 Å². The summed E-state index contributed by atoms with van der Waals surface area (Å²) in [6.45, 7) is 9.56. The van der Waals surface area contributed by atoms with Gasteiger partial charge in [0.05, 0.1) is 0 Å². The highest BCUT2D eigenvalue weighted by molar-refractivity contribution is 5.01. The quantitative estimate of drug-likeness (QED) is 0.909. The molecule has 4 nitrogen and oxygen atoms in total. The Kier molecular flexibility index (Phi) is 4.61. The van der Waals surface area contributed by atoms with Crippen molar-refractivity contribution in [3.8, 4) is 0 Å². The number of rotatable bonds is 4. The third-order valence-electron chi connectivity index (χ3n) is 3.95. The normalized spacial score (nSPS) is 24.6. The maximum absolute atomic E-state index is 5.43. The molecule has 108 valence electrons. The molecule has 1 aromatic rings. The first kappa shape index (κ1) is 14.5. The van der Waals surface area contributed by atoms with Gasteiger partial charge in [0.2, 0.25) is 5.89 Å². The topological polar surface area (TPSA) is 51.0 Å². The van der Waals surface area contributed by atoms with Crippen molar-refractivity contribution in [3.05, 3.63) is 11.7 Å². The molecule has 1 N–H and O–H groups in total. The lowest BCUT2D eigenvalue weighted by Gasteiger charge is -2.31. The van der Waals surface area contributed by atoms with E-state index in [2.05, 4.69) is 43.2 Å². The zero-order valence-corrected chi connectivity index (χ0v) is 12.7. The smallest absolute Gasteiger partial charge is 0.226 e. The van der Waals surface area contributed by atoms with Gasteiger partial charge in [0.25, 0.3) is 0 Å². The molecule has 2 rings (SSSR count). The van der Waals surface area contributed by atoms with Gasteiger partial charge in [0.15, 0.2) is 5.82 Å². The van der Waals surface area contributed by atoms with Crippen molar-refractivity contribution in [3.63, 3.8) is 0 Å². The van der Waals surface area contributed by atoms with Gasteiger partial charge in [0, 0.05) is 17.9 Å². The highest BCUT2D eigenvalue weighted by Crippen LogP contribution is 2.28. The van der Waals surface area contributed by atoms with E-state index in [0.29, 0.717) is 12.0 Å². The van der Waals surface area contributed by atoms with Crippen molar-refractivity contribution in [1.82, 2.24) is 15.5 Å². The second kappa shape index (κ2) is 6.04. The molecule has 1 heterocycles. The van der Waals surface area contributed by atoms with Crippen molar-refractivity contribution in [2.24, 2.45) is 5.92 Å². The molecule has 1 aliphatic carbocycles. The Bertz CT molecular complexity index is 392. The third kappa shape index (κ3) is 3.78. The summed E-state index contributed by atoms with van der Waals surface area (Å²) in [5.74, 6) is 2.26. The van der Waals surface area contributed by atoms with Crippen LogP contribution in [0, 0.1) is 5.92 Å². The van der Waals surface area contributed by atoms with Crippen LogP contribution in [0.3, 0.4) is 0 Å². The van der Waals surface area contributed by atoms with Crippen LogP contribution in [-0.2, 0) is 11.8 Å². The summed E-state index contributed by atoms with van der Waals surface area (Å²) in [6, 6.07) is 0.615. The van der Waals surface area contributed by atoms with Gasteiger partial charge in [-0.3, -0.25) is 0 Å². The molecule has 2 atom stereocenters. The first-order chi connectivity index (χ1) is 9.00. The van der Waals surface area contributed by atoms with Gasteiger partial charge in [-0.25, -0.2) is 0 Å². The minimum atomic E-state index is -0.0324. The molecule has 1 saturated carbocycles. The van der Waals surface area contributed by atoms with E-state index in [1.165, 1.54) is 25.7 Å². The van der Waals surface area contributed by atoms with Crippen LogP contribution < -0.4 is 5.32 Å². The Hall–Kier alpha value is -0.900. The molecule has 4 heteroatoms. The van der Waals surface area contributed by atoms with Crippen molar-refractivity contribution in [1.29, 1.82) is 0 Å². The van der Waals surface area contributed by atoms with Crippen molar-refractivity contribution in [2.75, 3.05) is 6.54 Å². The predicted octanol–water partition coefficient (Wildman–Crippen LogP) is 3.08. The SMILES string of the molecule is CCNC1CCCCC1Cc1nc(C(C)(C)C)no1. The van der Waals surface area contributed by atoms with E-state index in [1.54, 1.807) is 0 Å².